The van der Waals surface area contributed by atoms with Gasteiger partial charge in [-0.25, -0.2) is 9.59 Å². The fraction of sp³-hybridized carbons (Fsp3) is 0.818. The Hall–Kier alpha value is -1.34. The largest absolute Gasteiger partial charge is 0.480 e. The third kappa shape index (κ3) is 8.77. The van der Waals surface area contributed by atoms with E-state index in [4.69, 9.17) is 14.9 Å². The Kier molecular flexibility index (Phi) is 8.95. The normalized spacial score (nSPS) is 12.2. The van der Waals surface area contributed by atoms with E-state index in [9.17, 15) is 9.59 Å². The molecule has 0 spiro atoms. The van der Waals surface area contributed by atoms with Gasteiger partial charge in [-0.05, 0) is 12.3 Å². The van der Waals surface area contributed by atoms with Gasteiger partial charge in [-0.3, -0.25) is 0 Å². The highest BCUT2D eigenvalue weighted by atomic mass is 16.5. The van der Waals surface area contributed by atoms with Gasteiger partial charge in [0.15, 0.2) is 6.04 Å². The van der Waals surface area contributed by atoms with Crippen LogP contribution in [0.4, 0.5) is 4.79 Å². The average molecular weight is 262 g/mol. The molecule has 0 aromatic heterocycles. The van der Waals surface area contributed by atoms with Gasteiger partial charge < -0.3 is 25.6 Å². The lowest BCUT2D eigenvalue weighted by Gasteiger charge is -2.12. The summed E-state index contributed by atoms with van der Waals surface area (Å²) in [4.78, 5) is 21.7. The molecule has 4 N–H and O–H groups in total. The van der Waals surface area contributed by atoms with Crippen LogP contribution in [0.15, 0.2) is 0 Å². The summed E-state index contributed by atoms with van der Waals surface area (Å²) in [6.07, 6.45) is 0.650. The van der Waals surface area contributed by atoms with E-state index in [1.54, 1.807) is 0 Å². The van der Waals surface area contributed by atoms with Crippen LogP contribution in [0.25, 0.3) is 0 Å². The number of amides is 2. The number of carbonyl (C=O) groups is 2. The molecule has 0 saturated carbocycles. The highest BCUT2D eigenvalue weighted by Crippen LogP contribution is 1.92. The first kappa shape index (κ1) is 16.7. The van der Waals surface area contributed by atoms with E-state index in [2.05, 4.69) is 10.6 Å². The number of hydrogen-bond acceptors (Lipinski definition) is 4. The van der Waals surface area contributed by atoms with Gasteiger partial charge in [0, 0.05) is 19.8 Å². The quantitative estimate of drug-likeness (QED) is 0.430. The molecule has 18 heavy (non-hydrogen) atoms. The molecule has 0 aliphatic carbocycles. The second-order valence-corrected chi connectivity index (χ2v) is 4.30. The molecule has 7 nitrogen and oxygen atoms in total. The molecule has 0 unspecified atom stereocenters. The number of aliphatic hydroxyl groups is 1. The number of rotatable bonds is 9. The highest BCUT2D eigenvalue weighted by molar-refractivity contribution is 5.82. The maximum absolute atomic E-state index is 11.2. The molecule has 0 heterocycles. The summed E-state index contributed by atoms with van der Waals surface area (Å²) in [7, 11) is 0. The Morgan fingerprint density at radius 3 is 2.50 bits per heavy atom. The smallest absolute Gasteiger partial charge is 0.328 e. The van der Waals surface area contributed by atoms with E-state index in [1.807, 2.05) is 13.8 Å². The van der Waals surface area contributed by atoms with Gasteiger partial charge in [0.05, 0.1) is 6.61 Å². The van der Waals surface area contributed by atoms with Gasteiger partial charge in [-0.1, -0.05) is 13.8 Å². The molecule has 1 atom stereocenters. The Morgan fingerprint density at radius 1 is 1.33 bits per heavy atom. The Balaban J connectivity index is 3.56. The van der Waals surface area contributed by atoms with Crippen LogP contribution in [0.2, 0.25) is 0 Å². The number of hydrogen-bond donors (Lipinski definition) is 4. The number of urea groups is 1. The van der Waals surface area contributed by atoms with Gasteiger partial charge in [0.2, 0.25) is 0 Å². The molecule has 0 aliphatic rings. The number of aliphatic hydroxyl groups excluding tert-OH is 1. The van der Waals surface area contributed by atoms with Crippen LogP contribution >= 0.6 is 0 Å². The summed E-state index contributed by atoms with van der Waals surface area (Å²) in [5, 5.41) is 21.9. The maximum Gasteiger partial charge on any atom is 0.328 e. The minimum absolute atomic E-state index is 0.391. The van der Waals surface area contributed by atoms with Crippen molar-refractivity contribution < 1.29 is 24.5 Å². The topological polar surface area (TPSA) is 108 Å². The fourth-order valence-electron chi connectivity index (χ4n) is 1.09. The van der Waals surface area contributed by atoms with Gasteiger partial charge >= 0.3 is 12.0 Å². The van der Waals surface area contributed by atoms with Crippen LogP contribution in [0.3, 0.4) is 0 Å². The predicted octanol–water partition coefficient (Wildman–Crippen LogP) is -0.206. The van der Waals surface area contributed by atoms with Gasteiger partial charge in [-0.2, -0.15) is 0 Å². The zero-order valence-corrected chi connectivity index (χ0v) is 10.8. The lowest BCUT2D eigenvalue weighted by Crippen LogP contribution is -2.48. The van der Waals surface area contributed by atoms with Crippen molar-refractivity contribution in [1.29, 1.82) is 0 Å². The highest BCUT2D eigenvalue weighted by Gasteiger charge is 2.17. The van der Waals surface area contributed by atoms with Crippen molar-refractivity contribution in [3.8, 4) is 0 Å². The summed E-state index contributed by atoms with van der Waals surface area (Å²) in [5.74, 6) is -0.796. The summed E-state index contributed by atoms with van der Waals surface area (Å²) < 4.78 is 5.31. The average Bonchev–Trinajstić information content (AvgIpc) is 2.29. The second kappa shape index (κ2) is 9.67. The lowest BCUT2D eigenvalue weighted by atomic mass is 10.2. The van der Waals surface area contributed by atoms with Crippen LogP contribution in [0.5, 0.6) is 0 Å². The Bertz CT molecular complexity index is 258. The van der Waals surface area contributed by atoms with Crippen molar-refractivity contribution in [2.45, 2.75) is 26.3 Å². The third-order valence-corrected chi connectivity index (χ3v) is 1.99. The van der Waals surface area contributed by atoms with Crippen molar-refractivity contribution in [3.05, 3.63) is 0 Å². The first-order valence-electron chi connectivity index (χ1n) is 5.93. The van der Waals surface area contributed by atoms with E-state index in [1.165, 1.54) is 0 Å². The number of carboxylic acid groups (broad SMARTS) is 1. The SMILES string of the molecule is CC(C)COCCCNC(=O)N[C@@H](CO)C(=O)O. The summed E-state index contributed by atoms with van der Waals surface area (Å²) >= 11 is 0. The van der Waals surface area contributed by atoms with E-state index in [0.29, 0.717) is 32.1 Å². The van der Waals surface area contributed by atoms with E-state index in [-0.39, 0.29) is 0 Å². The summed E-state index contributed by atoms with van der Waals surface area (Å²) in [6.45, 7) is 5.07. The second-order valence-electron chi connectivity index (χ2n) is 4.30. The Morgan fingerprint density at radius 2 is 2.00 bits per heavy atom. The molecule has 0 fully saturated rings. The third-order valence-electron chi connectivity index (χ3n) is 1.99. The molecule has 0 aliphatic heterocycles. The van der Waals surface area contributed by atoms with Crippen LogP contribution in [-0.2, 0) is 9.53 Å². The van der Waals surface area contributed by atoms with Crippen molar-refractivity contribution in [2.75, 3.05) is 26.4 Å². The fourth-order valence-corrected chi connectivity index (χ4v) is 1.09. The van der Waals surface area contributed by atoms with E-state index in [0.717, 1.165) is 0 Å². The van der Waals surface area contributed by atoms with Crippen molar-refractivity contribution in [1.82, 2.24) is 10.6 Å². The summed E-state index contributed by atoms with van der Waals surface area (Å²) in [6, 6.07) is -1.89. The number of carboxylic acids is 1. The minimum atomic E-state index is -1.28. The van der Waals surface area contributed by atoms with E-state index < -0.39 is 24.6 Å². The first-order chi connectivity index (χ1) is 8.47. The number of ether oxygens (including phenoxy) is 1. The number of carbonyl (C=O) groups excluding carboxylic acids is 1. The van der Waals surface area contributed by atoms with E-state index >= 15 is 0 Å². The standard InChI is InChI=1S/C11H22N2O5/c1-8(2)7-18-5-3-4-12-11(17)13-9(6-14)10(15)16/h8-9,14H,3-7H2,1-2H3,(H,15,16)(H2,12,13,17)/t9-/m0/s1. The first-order valence-corrected chi connectivity index (χ1v) is 5.93. The van der Waals surface area contributed by atoms with Crippen molar-refractivity contribution >= 4 is 12.0 Å². The molecule has 0 bridgehead atoms. The molecule has 0 rings (SSSR count). The van der Waals surface area contributed by atoms with Crippen LogP contribution in [-0.4, -0.2) is 54.6 Å². The summed E-state index contributed by atoms with van der Waals surface area (Å²) in [5.41, 5.74) is 0. The molecule has 2 amide bonds. The zero-order valence-electron chi connectivity index (χ0n) is 10.8. The zero-order chi connectivity index (χ0) is 14.0. The minimum Gasteiger partial charge on any atom is -0.480 e. The molecule has 0 saturated heterocycles. The molecular weight excluding hydrogens is 240 g/mol. The molecule has 0 radical (unpaired) electrons. The number of aliphatic carboxylic acids is 1. The number of nitrogens with one attached hydrogen (secondary N) is 2. The van der Waals surface area contributed by atoms with Gasteiger partial charge in [0.1, 0.15) is 0 Å². The molecule has 0 aromatic rings. The predicted molar refractivity (Wildman–Crippen MR) is 65.3 cm³/mol. The van der Waals surface area contributed by atoms with Crippen molar-refractivity contribution in [3.63, 3.8) is 0 Å². The Labute approximate surface area is 107 Å². The maximum atomic E-state index is 11.2. The van der Waals surface area contributed by atoms with Crippen LogP contribution < -0.4 is 10.6 Å². The van der Waals surface area contributed by atoms with Gasteiger partial charge in [0.25, 0.3) is 0 Å². The monoisotopic (exact) mass is 262 g/mol. The molecule has 7 heteroatoms. The van der Waals surface area contributed by atoms with Crippen LogP contribution in [0.1, 0.15) is 20.3 Å². The molecule has 106 valence electrons. The van der Waals surface area contributed by atoms with Gasteiger partial charge in [-0.15, -0.1) is 0 Å². The lowest BCUT2D eigenvalue weighted by molar-refractivity contribution is -0.140. The van der Waals surface area contributed by atoms with Crippen molar-refractivity contribution in [2.24, 2.45) is 5.92 Å². The molecule has 0 aromatic carbocycles. The molecular formula is C11H22N2O5. The van der Waals surface area contributed by atoms with Crippen LogP contribution in [0, 0.1) is 5.92 Å².